The summed E-state index contributed by atoms with van der Waals surface area (Å²) >= 11 is 2.52. The zero-order valence-electron chi connectivity index (χ0n) is 7.12. The molecule has 12 heavy (non-hydrogen) atoms. The lowest BCUT2D eigenvalue weighted by Gasteiger charge is -2.24. The van der Waals surface area contributed by atoms with E-state index in [1.165, 1.54) is 12.8 Å². The lowest BCUT2D eigenvalue weighted by atomic mass is 9.86. The van der Waals surface area contributed by atoms with Crippen molar-refractivity contribution >= 4 is 22.6 Å². The number of hydrogen-bond acceptors (Lipinski definition) is 1. The summed E-state index contributed by atoms with van der Waals surface area (Å²) in [5.74, 6) is 1.87. The summed E-state index contributed by atoms with van der Waals surface area (Å²) < 4.78 is 0.689. The highest BCUT2D eigenvalue weighted by molar-refractivity contribution is 14.1. The predicted molar refractivity (Wildman–Crippen MR) is 58.3 cm³/mol. The highest BCUT2D eigenvalue weighted by Crippen LogP contribution is 2.53. The van der Waals surface area contributed by atoms with Gasteiger partial charge in [-0.1, -0.05) is 28.7 Å². The summed E-state index contributed by atoms with van der Waals surface area (Å²) in [6.07, 6.45) is 5.57. The number of hydrogen-bond donors (Lipinski definition) is 1. The maximum atomic E-state index is 9.86. The molecule has 0 spiro atoms. The van der Waals surface area contributed by atoms with Gasteiger partial charge < -0.3 is 5.11 Å². The van der Waals surface area contributed by atoms with Crippen molar-refractivity contribution < 1.29 is 5.11 Å². The van der Waals surface area contributed by atoms with E-state index in [-0.39, 0.29) is 6.10 Å². The van der Waals surface area contributed by atoms with E-state index in [2.05, 4.69) is 29.2 Å². The van der Waals surface area contributed by atoms with E-state index in [0.29, 0.717) is 21.7 Å². The third kappa shape index (κ3) is 1.15. The van der Waals surface area contributed by atoms with E-state index >= 15 is 0 Å². The van der Waals surface area contributed by atoms with Crippen LogP contribution < -0.4 is 0 Å². The number of fused-ring (bicyclic) bond motifs is 2. The van der Waals surface area contributed by atoms with Crippen molar-refractivity contribution in [2.75, 3.05) is 0 Å². The minimum Gasteiger partial charge on any atom is -0.393 e. The van der Waals surface area contributed by atoms with Gasteiger partial charge in [0.25, 0.3) is 0 Å². The maximum Gasteiger partial charge on any atom is 0.0609 e. The van der Waals surface area contributed by atoms with Crippen molar-refractivity contribution in [3.8, 4) is 0 Å². The third-order valence-corrected chi connectivity index (χ3v) is 5.36. The Balaban J connectivity index is 2.12. The molecule has 5 atom stereocenters. The Morgan fingerprint density at radius 3 is 2.58 bits per heavy atom. The molecule has 2 saturated carbocycles. The molecule has 0 radical (unpaired) electrons. The summed E-state index contributed by atoms with van der Waals surface area (Å²) in [6, 6.07) is 0. The van der Waals surface area contributed by atoms with E-state index in [0.717, 1.165) is 6.42 Å². The Morgan fingerprint density at radius 1 is 1.42 bits per heavy atom. The number of halogens is 1. The van der Waals surface area contributed by atoms with Crippen molar-refractivity contribution in [1.29, 1.82) is 0 Å². The molecule has 68 valence electrons. The highest BCUT2D eigenvalue weighted by Gasteiger charge is 2.52. The van der Waals surface area contributed by atoms with Crippen molar-refractivity contribution in [3.05, 3.63) is 12.7 Å². The first-order chi connectivity index (χ1) is 5.75. The lowest BCUT2D eigenvalue weighted by Crippen LogP contribution is -2.21. The van der Waals surface area contributed by atoms with E-state index in [4.69, 9.17) is 0 Å². The standard InChI is InChI=1S/C10H15IO/c1-2-3-6-7-4-5-8(9(6)11)10(7)12/h2,6-10,12H,1,3-5H2/t6-,7-,8+,9+,10+/m0/s1. The molecular weight excluding hydrogens is 263 g/mol. The Bertz CT molecular complexity index is 192. The van der Waals surface area contributed by atoms with Gasteiger partial charge in [-0.05, 0) is 37.0 Å². The number of allylic oxidation sites excluding steroid dienone is 1. The SMILES string of the molecule is C=CC[C@@H]1[C@@H](I)[C@H]2CC[C@@H]1[C@H]2O. The molecule has 2 fully saturated rings. The van der Waals surface area contributed by atoms with Crippen LogP contribution in [0.1, 0.15) is 19.3 Å². The topological polar surface area (TPSA) is 20.2 Å². The Kier molecular flexibility index (Phi) is 2.47. The fourth-order valence-corrected chi connectivity index (χ4v) is 4.52. The molecule has 1 nitrogen and oxygen atoms in total. The molecule has 0 unspecified atom stereocenters. The number of rotatable bonds is 2. The van der Waals surface area contributed by atoms with E-state index < -0.39 is 0 Å². The first kappa shape index (κ1) is 9.00. The molecule has 2 bridgehead atoms. The summed E-state index contributed by atoms with van der Waals surface area (Å²) in [5.41, 5.74) is 0. The highest BCUT2D eigenvalue weighted by atomic mass is 127. The maximum absolute atomic E-state index is 9.86. The second-order valence-corrected chi connectivity index (χ2v) is 5.47. The minimum absolute atomic E-state index is 0.00292. The molecule has 2 heteroatoms. The molecule has 0 amide bonds. The normalized spacial score (nSPS) is 51.3. The van der Waals surface area contributed by atoms with Crippen molar-refractivity contribution in [2.45, 2.75) is 29.3 Å². The van der Waals surface area contributed by atoms with Gasteiger partial charge in [0, 0.05) is 3.92 Å². The summed E-state index contributed by atoms with van der Waals surface area (Å²) in [4.78, 5) is 0. The summed E-state index contributed by atoms with van der Waals surface area (Å²) in [5, 5.41) is 9.86. The van der Waals surface area contributed by atoms with Crippen LogP contribution in [0.3, 0.4) is 0 Å². The van der Waals surface area contributed by atoms with Gasteiger partial charge in [0.1, 0.15) is 0 Å². The van der Waals surface area contributed by atoms with Crippen LogP contribution in [0.5, 0.6) is 0 Å². The second-order valence-electron chi connectivity index (χ2n) is 4.03. The predicted octanol–water partition coefficient (Wildman–Crippen LogP) is 2.38. The molecule has 0 aromatic carbocycles. The quantitative estimate of drug-likeness (QED) is 0.467. The Morgan fingerprint density at radius 2 is 2.08 bits per heavy atom. The van der Waals surface area contributed by atoms with Gasteiger partial charge in [-0.15, -0.1) is 6.58 Å². The van der Waals surface area contributed by atoms with Gasteiger partial charge in [-0.3, -0.25) is 0 Å². The molecule has 0 saturated heterocycles. The van der Waals surface area contributed by atoms with Gasteiger partial charge in [-0.2, -0.15) is 0 Å². The van der Waals surface area contributed by atoms with Crippen molar-refractivity contribution in [2.24, 2.45) is 17.8 Å². The molecule has 1 N–H and O–H groups in total. The number of aliphatic hydroxyl groups is 1. The van der Waals surface area contributed by atoms with Crippen LogP contribution in [0.4, 0.5) is 0 Å². The largest absolute Gasteiger partial charge is 0.393 e. The molecule has 0 heterocycles. The first-order valence-electron chi connectivity index (χ1n) is 4.68. The third-order valence-electron chi connectivity index (χ3n) is 3.52. The van der Waals surface area contributed by atoms with Gasteiger partial charge in [0.15, 0.2) is 0 Å². The Hall–Kier alpha value is 0.430. The number of aliphatic hydroxyl groups excluding tert-OH is 1. The average Bonchev–Trinajstić information content (AvgIpc) is 2.50. The summed E-state index contributed by atoms with van der Waals surface area (Å²) in [6.45, 7) is 3.78. The van der Waals surface area contributed by atoms with Crippen LogP contribution in [0.2, 0.25) is 0 Å². The van der Waals surface area contributed by atoms with E-state index in [1.807, 2.05) is 6.08 Å². The van der Waals surface area contributed by atoms with E-state index in [1.54, 1.807) is 0 Å². The fraction of sp³-hybridized carbons (Fsp3) is 0.800. The lowest BCUT2D eigenvalue weighted by molar-refractivity contribution is 0.121. The van der Waals surface area contributed by atoms with Gasteiger partial charge in [0.2, 0.25) is 0 Å². The minimum atomic E-state index is -0.00292. The second kappa shape index (κ2) is 3.29. The van der Waals surface area contributed by atoms with Crippen molar-refractivity contribution in [3.63, 3.8) is 0 Å². The molecule has 0 aliphatic heterocycles. The van der Waals surface area contributed by atoms with Crippen LogP contribution in [0, 0.1) is 17.8 Å². The summed E-state index contributed by atoms with van der Waals surface area (Å²) in [7, 11) is 0. The molecule has 2 aliphatic carbocycles. The van der Waals surface area contributed by atoms with Crippen LogP contribution >= 0.6 is 22.6 Å². The van der Waals surface area contributed by atoms with E-state index in [9.17, 15) is 5.11 Å². The van der Waals surface area contributed by atoms with Crippen LogP contribution in [-0.2, 0) is 0 Å². The molecule has 0 aromatic heterocycles. The zero-order valence-corrected chi connectivity index (χ0v) is 9.28. The average molecular weight is 278 g/mol. The van der Waals surface area contributed by atoms with Gasteiger partial charge >= 0.3 is 0 Å². The fourth-order valence-electron chi connectivity index (χ4n) is 2.91. The molecule has 0 aromatic rings. The molecular formula is C10H15IO. The smallest absolute Gasteiger partial charge is 0.0609 e. The van der Waals surface area contributed by atoms with Crippen LogP contribution in [-0.4, -0.2) is 15.1 Å². The van der Waals surface area contributed by atoms with Crippen LogP contribution in [0.25, 0.3) is 0 Å². The van der Waals surface area contributed by atoms with Crippen molar-refractivity contribution in [1.82, 2.24) is 0 Å². The van der Waals surface area contributed by atoms with Crippen LogP contribution in [0.15, 0.2) is 12.7 Å². The monoisotopic (exact) mass is 278 g/mol. The molecule has 2 aliphatic rings. The van der Waals surface area contributed by atoms with Gasteiger partial charge in [-0.25, -0.2) is 0 Å². The zero-order chi connectivity index (χ0) is 8.72. The number of alkyl halides is 1. The Labute approximate surface area is 87.4 Å². The van der Waals surface area contributed by atoms with Gasteiger partial charge in [0.05, 0.1) is 6.10 Å². The first-order valence-corrected chi connectivity index (χ1v) is 5.93. The molecule has 2 rings (SSSR count).